The molecule has 1 aliphatic rings. The van der Waals surface area contributed by atoms with Crippen LogP contribution < -0.4 is 5.32 Å². The molecule has 1 saturated heterocycles. The Balaban J connectivity index is 2.17. The highest BCUT2D eigenvalue weighted by Gasteiger charge is 2.44. The van der Waals surface area contributed by atoms with Crippen LogP contribution in [0.1, 0.15) is 322 Å². The molecule has 476 valence electrons. The van der Waals surface area contributed by atoms with Gasteiger partial charge >= 0.3 is 0 Å². The quantitative estimate of drug-likeness (QED) is 0.0215. The largest absolute Gasteiger partial charge is 0.394 e. The molecule has 0 radical (unpaired) electrons. The number of rotatable bonds is 60. The summed E-state index contributed by atoms with van der Waals surface area (Å²) in [6.45, 7) is 3.47. The van der Waals surface area contributed by atoms with Gasteiger partial charge in [0.15, 0.2) is 6.29 Å². The van der Waals surface area contributed by atoms with E-state index in [1.807, 2.05) is 0 Å². The molecule has 1 fully saturated rings. The van der Waals surface area contributed by atoms with Crippen molar-refractivity contribution in [1.29, 1.82) is 0 Å². The van der Waals surface area contributed by atoms with E-state index in [4.69, 9.17) is 9.47 Å². The van der Waals surface area contributed by atoms with Gasteiger partial charge in [-0.25, -0.2) is 0 Å². The highest BCUT2D eigenvalue weighted by atomic mass is 16.7. The van der Waals surface area contributed by atoms with Crippen LogP contribution in [0.15, 0.2) is 48.6 Å². The van der Waals surface area contributed by atoms with Gasteiger partial charge in [0, 0.05) is 0 Å². The minimum atomic E-state index is -1.67. The van der Waals surface area contributed by atoms with E-state index in [9.17, 15) is 40.5 Å². The van der Waals surface area contributed by atoms with E-state index in [0.29, 0.717) is 19.3 Å². The second-order valence-electron chi connectivity index (χ2n) is 24.2. The number of carbonyl (C=O) groups is 1. The van der Waals surface area contributed by atoms with Crippen molar-refractivity contribution in [1.82, 2.24) is 5.32 Å². The second kappa shape index (κ2) is 58.5. The Morgan fingerprint density at radius 1 is 0.432 bits per heavy atom. The number of nitrogens with one attached hydrogen (secondary N) is 1. The maximum Gasteiger partial charge on any atom is 0.249 e. The minimum Gasteiger partial charge on any atom is -0.394 e. The van der Waals surface area contributed by atoms with E-state index in [1.54, 1.807) is 0 Å². The normalized spacial score (nSPS) is 19.4. The van der Waals surface area contributed by atoms with Crippen molar-refractivity contribution < 1.29 is 50.0 Å². The second-order valence-corrected chi connectivity index (χ2v) is 24.2. The lowest BCUT2D eigenvalue weighted by molar-refractivity contribution is -0.303. The number of aliphatic hydroxyl groups is 7. The Morgan fingerprint density at radius 3 is 1.17 bits per heavy atom. The van der Waals surface area contributed by atoms with Crippen LogP contribution in [-0.2, 0) is 14.3 Å². The summed E-state index contributed by atoms with van der Waals surface area (Å²) >= 11 is 0. The predicted octanol–water partition coefficient (Wildman–Crippen LogP) is 16.4. The number of hydrogen-bond acceptors (Lipinski definition) is 10. The molecule has 81 heavy (non-hydrogen) atoms. The van der Waals surface area contributed by atoms with Crippen LogP contribution in [0.4, 0.5) is 0 Å². The molecule has 0 bridgehead atoms. The standard InChI is InChI=1S/C70H131NO10/c1-3-5-7-9-11-13-15-17-19-21-23-24-25-26-27-28-29-30-31-32-33-34-35-36-37-38-39-40-42-44-46-48-50-52-54-56-58-63(74)69(79)71-61(60-80-70-68(78)67(77)66(76)64(59-72)81-70)65(75)62(73)57-55-53-51-49-47-45-43-41-22-20-18-16-14-12-10-8-6-4-2/h27-28,30-31,41,43,49,51,61-68,70,72-78H,3-26,29,32-40,42,44-48,50,52-60H2,1-2H3,(H,71,79)/b28-27-,31-30-,43-41+,51-49+. The van der Waals surface area contributed by atoms with Crippen LogP contribution in [-0.4, -0.2) is 110 Å². The lowest BCUT2D eigenvalue weighted by atomic mass is 9.98. The molecule has 11 nitrogen and oxygen atoms in total. The molecule has 0 aromatic rings. The molecule has 11 heteroatoms. The number of hydrogen-bond donors (Lipinski definition) is 8. The molecule has 0 aromatic carbocycles. The molecule has 1 heterocycles. The lowest BCUT2D eigenvalue weighted by Gasteiger charge is -2.40. The van der Waals surface area contributed by atoms with Gasteiger partial charge in [-0.15, -0.1) is 0 Å². The first-order valence-electron chi connectivity index (χ1n) is 34.5. The Hall–Kier alpha value is -1.93. The van der Waals surface area contributed by atoms with Crippen molar-refractivity contribution in [2.45, 2.75) is 377 Å². The van der Waals surface area contributed by atoms with E-state index in [2.05, 4.69) is 67.8 Å². The maximum atomic E-state index is 13.2. The zero-order valence-electron chi connectivity index (χ0n) is 52.5. The van der Waals surface area contributed by atoms with Crippen LogP contribution >= 0.6 is 0 Å². The van der Waals surface area contributed by atoms with Gasteiger partial charge in [-0.1, -0.05) is 287 Å². The van der Waals surface area contributed by atoms with E-state index in [1.165, 1.54) is 231 Å². The van der Waals surface area contributed by atoms with Crippen molar-refractivity contribution in [3.63, 3.8) is 0 Å². The van der Waals surface area contributed by atoms with Gasteiger partial charge in [0.2, 0.25) is 5.91 Å². The van der Waals surface area contributed by atoms with Crippen LogP contribution in [0.5, 0.6) is 0 Å². The smallest absolute Gasteiger partial charge is 0.249 e. The summed E-state index contributed by atoms with van der Waals surface area (Å²) in [5.74, 6) is -0.707. The summed E-state index contributed by atoms with van der Waals surface area (Å²) in [6.07, 6.45) is 64.9. The Labute approximate surface area is 498 Å². The fraction of sp³-hybridized carbons (Fsp3) is 0.871. The van der Waals surface area contributed by atoms with Crippen LogP contribution in [0, 0.1) is 0 Å². The SMILES string of the molecule is CCCCCCCCCCC/C=C/CC/C=C/CCCC(O)C(O)C(COC1OC(CO)C(O)C(O)C1O)NC(=O)C(O)CCCCCCCCCCCCCCCCCC/C=C\C/C=C\CCCCCCCCCCCCCCC. The molecule has 0 aromatic heterocycles. The van der Waals surface area contributed by atoms with Crippen molar-refractivity contribution in [2.24, 2.45) is 0 Å². The van der Waals surface area contributed by atoms with Gasteiger partial charge in [-0.05, 0) is 83.5 Å². The van der Waals surface area contributed by atoms with Crippen molar-refractivity contribution in [3.05, 3.63) is 48.6 Å². The van der Waals surface area contributed by atoms with E-state index in [-0.39, 0.29) is 12.8 Å². The topological polar surface area (TPSA) is 189 Å². The molecule has 9 unspecified atom stereocenters. The van der Waals surface area contributed by atoms with Crippen molar-refractivity contribution >= 4 is 5.91 Å². The molecule has 1 rings (SSSR count). The summed E-state index contributed by atoms with van der Waals surface area (Å²) in [6, 6.07) is -1.19. The maximum absolute atomic E-state index is 13.2. The van der Waals surface area contributed by atoms with Crippen molar-refractivity contribution in [2.75, 3.05) is 13.2 Å². The fourth-order valence-corrected chi connectivity index (χ4v) is 11.0. The summed E-state index contributed by atoms with van der Waals surface area (Å²) < 4.78 is 11.2. The summed E-state index contributed by atoms with van der Waals surface area (Å²) in [7, 11) is 0. The highest BCUT2D eigenvalue weighted by Crippen LogP contribution is 2.24. The van der Waals surface area contributed by atoms with Gasteiger partial charge in [-0.3, -0.25) is 4.79 Å². The summed E-state index contributed by atoms with van der Waals surface area (Å²) in [4.78, 5) is 13.2. The van der Waals surface area contributed by atoms with Crippen LogP contribution in [0.2, 0.25) is 0 Å². The Kier molecular flexibility index (Phi) is 55.6. The van der Waals surface area contributed by atoms with Gasteiger partial charge < -0.3 is 50.5 Å². The molecule has 9 atom stereocenters. The third-order valence-corrected chi connectivity index (χ3v) is 16.6. The van der Waals surface area contributed by atoms with Gasteiger partial charge in [0.1, 0.15) is 36.6 Å². The zero-order valence-corrected chi connectivity index (χ0v) is 52.5. The lowest BCUT2D eigenvalue weighted by Crippen LogP contribution is -2.60. The molecular weight excluding hydrogens is 1010 g/mol. The third-order valence-electron chi connectivity index (χ3n) is 16.6. The Bertz CT molecular complexity index is 1460. The first kappa shape index (κ1) is 77.1. The molecule has 0 saturated carbocycles. The van der Waals surface area contributed by atoms with Gasteiger partial charge in [0.05, 0.1) is 25.4 Å². The van der Waals surface area contributed by atoms with Gasteiger partial charge in [0.25, 0.3) is 0 Å². The number of ether oxygens (including phenoxy) is 2. The number of carbonyl (C=O) groups excluding carboxylic acids is 1. The molecule has 1 aliphatic heterocycles. The monoisotopic (exact) mass is 1150 g/mol. The molecular formula is C70H131NO10. The van der Waals surface area contributed by atoms with E-state index >= 15 is 0 Å². The highest BCUT2D eigenvalue weighted by molar-refractivity contribution is 5.80. The number of amides is 1. The van der Waals surface area contributed by atoms with E-state index < -0.39 is 74.2 Å². The van der Waals surface area contributed by atoms with E-state index in [0.717, 1.165) is 44.9 Å². The van der Waals surface area contributed by atoms with Crippen LogP contribution in [0.25, 0.3) is 0 Å². The number of aliphatic hydroxyl groups excluding tert-OH is 7. The average molecular weight is 1150 g/mol. The predicted molar refractivity (Wildman–Crippen MR) is 339 cm³/mol. The molecule has 1 amide bonds. The third kappa shape index (κ3) is 46.0. The zero-order chi connectivity index (χ0) is 58.9. The first-order chi connectivity index (χ1) is 39.7. The Morgan fingerprint density at radius 2 is 0.778 bits per heavy atom. The molecule has 0 aliphatic carbocycles. The molecule has 0 spiro atoms. The van der Waals surface area contributed by atoms with Crippen molar-refractivity contribution in [3.8, 4) is 0 Å². The fourth-order valence-electron chi connectivity index (χ4n) is 11.0. The summed E-state index contributed by atoms with van der Waals surface area (Å²) in [5.41, 5.74) is 0. The summed E-state index contributed by atoms with van der Waals surface area (Å²) in [5, 5.41) is 76.3. The number of unbranched alkanes of at least 4 members (excludes halogenated alkanes) is 40. The van der Waals surface area contributed by atoms with Crippen LogP contribution in [0.3, 0.4) is 0 Å². The minimum absolute atomic E-state index is 0.246. The van der Waals surface area contributed by atoms with Gasteiger partial charge in [-0.2, -0.15) is 0 Å². The molecule has 8 N–H and O–H groups in total. The average Bonchev–Trinajstić information content (AvgIpc) is 3.49. The number of allylic oxidation sites excluding steroid dienone is 8. The first-order valence-corrected chi connectivity index (χ1v) is 34.5.